The molecule has 0 saturated carbocycles. The van der Waals surface area contributed by atoms with Crippen LogP contribution in [-0.4, -0.2) is 29.7 Å². The fourth-order valence-electron chi connectivity index (χ4n) is 0.961. The molecule has 0 bridgehead atoms. The largest absolute Gasteiger partial charge is 0.353 e. The summed E-state index contributed by atoms with van der Waals surface area (Å²) in [6, 6.07) is 0. The number of rotatable bonds is 4. The molecule has 0 atom stereocenters. The van der Waals surface area contributed by atoms with Gasteiger partial charge in [-0.05, 0) is 6.92 Å². The molecule has 0 spiro atoms. The Hall–Kier alpha value is -1.85. The third kappa shape index (κ3) is 3.80. The highest BCUT2D eigenvalue weighted by Gasteiger charge is 2.02. The van der Waals surface area contributed by atoms with Gasteiger partial charge in [-0.15, -0.1) is 6.58 Å². The summed E-state index contributed by atoms with van der Waals surface area (Å²) in [6.45, 7) is 6.49. The summed E-state index contributed by atoms with van der Waals surface area (Å²) in [5.41, 5.74) is 0. The van der Waals surface area contributed by atoms with Crippen LogP contribution in [-0.2, 0) is 6.54 Å². The van der Waals surface area contributed by atoms with Gasteiger partial charge in [-0.3, -0.25) is 4.99 Å². The van der Waals surface area contributed by atoms with Crippen LogP contribution in [0.3, 0.4) is 0 Å². The van der Waals surface area contributed by atoms with Crippen LogP contribution in [0.15, 0.2) is 22.2 Å². The second-order valence-electron chi connectivity index (χ2n) is 2.83. The Balaban J connectivity index is 2.37. The topological polar surface area (TPSA) is 75.3 Å². The number of nitrogens with zero attached hydrogens (tertiary/aromatic N) is 3. The number of hydrogen-bond acceptors (Lipinski definition) is 4. The fourth-order valence-corrected chi connectivity index (χ4v) is 0.961. The second kappa shape index (κ2) is 5.79. The van der Waals surface area contributed by atoms with Crippen molar-refractivity contribution in [3.8, 4) is 0 Å². The highest BCUT2D eigenvalue weighted by Crippen LogP contribution is 1.93. The first-order chi connectivity index (χ1) is 7.26. The monoisotopic (exact) mass is 209 g/mol. The molecule has 2 N–H and O–H groups in total. The molecule has 0 aliphatic heterocycles. The van der Waals surface area contributed by atoms with Gasteiger partial charge in [-0.25, -0.2) is 0 Å². The molecule has 0 aromatic carbocycles. The lowest BCUT2D eigenvalue weighted by Gasteiger charge is -2.07. The Labute approximate surface area is 88.5 Å². The zero-order valence-electron chi connectivity index (χ0n) is 8.95. The first kappa shape index (κ1) is 11.2. The van der Waals surface area contributed by atoms with Crippen molar-refractivity contribution in [2.24, 2.45) is 4.99 Å². The third-order valence-electron chi connectivity index (χ3n) is 1.61. The van der Waals surface area contributed by atoms with E-state index in [0.29, 0.717) is 30.8 Å². The standard InChI is InChI=1S/C9H15N5O/c1-4-5-11-9(10-3)12-6-8-13-7(2)14-15-8/h4H,1,5-6H2,2-3H3,(H2,10,11,12). The molecule has 0 fully saturated rings. The molecule has 0 unspecified atom stereocenters. The van der Waals surface area contributed by atoms with Crippen LogP contribution in [0, 0.1) is 6.92 Å². The predicted octanol–water partition coefficient (Wildman–Crippen LogP) is 0.229. The van der Waals surface area contributed by atoms with Gasteiger partial charge in [0.25, 0.3) is 0 Å². The van der Waals surface area contributed by atoms with Crippen molar-refractivity contribution in [1.82, 2.24) is 20.8 Å². The van der Waals surface area contributed by atoms with E-state index < -0.39 is 0 Å². The maximum Gasteiger partial charge on any atom is 0.246 e. The number of nitrogens with one attached hydrogen (secondary N) is 2. The maximum absolute atomic E-state index is 4.94. The molecule has 82 valence electrons. The van der Waals surface area contributed by atoms with Gasteiger partial charge in [0.05, 0.1) is 6.54 Å². The van der Waals surface area contributed by atoms with Gasteiger partial charge < -0.3 is 15.2 Å². The van der Waals surface area contributed by atoms with E-state index in [0.717, 1.165) is 0 Å². The maximum atomic E-state index is 4.94. The van der Waals surface area contributed by atoms with E-state index in [1.165, 1.54) is 0 Å². The molecular weight excluding hydrogens is 194 g/mol. The Kier molecular flexibility index (Phi) is 4.33. The van der Waals surface area contributed by atoms with Gasteiger partial charge >= 0.3 is 0 Å². The molecule has 1 aromatic rings. The number of aliphatic imine (C=N–C) groups is 1. The van der Waals surface area contributed by atoms with E-state index in [1.54, 1.807) is 20.0 Å². The number of aromatic nitrogens is 2. The average Bonchev–Trinajstić information content (AvgIpc) is 2.65. The van der Waals surface area contributed by atoms with E-state index in [1.807, 2.05) is 0 Å². The van der Waals surface area contributed by atoms with Gasteiger partial charge in [0.2, 0.25) is 5.89 Å². The molecule has 0 amide bonds. The molecule has 1 aromatic heterocycles. The normalized spacial score (nSPS) is 11.2. The third-order valence-corrected chi connectivity index (χ3v) is 1.61. The minimum atomic E-state index is 0.456. The highest BCUT2D eigenvalue weighted by molar-refractivity contribution is 5.79. The number of aryl methyl sites for hydroxylation is 1. The van der Waals surface area contributed by atoms with Crippen LogP contribution in [0.25, 0.3) is 0 Å². The summed E-state index contributed by atoms with van der Waals surface area (Å²) in [6.07, 6.45) is 1.75. The van der Waals surface area contributed by atoms with E-state index in [-0.39, 0.29) is 0 Å². The van der Waals surface area contributed by atoms with Crippen molar-refractivity contribution >= 4 is 5.96 Å². The summed E-state index contributed by atoms with van der Waals surface area (Å²) in [7, 11) is 1.69. The van der Waals surface area contributed by atoms with Gasteiger partial charge in [-0.2, -0.15) is 4.98 Å². The van der Waals surface area contributed by atoms with E-state index >= 15 is 0 Å². The van der Waals surface area contributed by atoms with Crippen molar-refractivity contribution in [3.05, 3.63) is 24.4 Å². The lowest BCUT2D eigenvalue weighted by atomic mass is 10.6. The molecule has 1 rings (SSSR count). The van der Waals surface area contributed by atoms with E-state index in [2.05, 4.69) is 32.3 Å². The predicted molar refractivity (Wildman–Crippen MR) is 57.4 cm³/mol. The molecule has 15 heavy (non-hydrogen) atoms. The molecule has 6 nitrogen and oxygen atoms in total. The zero-order valence-corrected chi connectivity index (χ0v) is 8.95. The first-order valence-corrected chi connectivity index (χ1v) is 4.61. The molecule has 0 radical (unpaired) electrons. The quantitative estimate of drug-likeness (QED) is 0.422. The fraction of sp³-hybridized carbons (Fsp3) is 0.444. The van der Waals surface area contributed by atoms with Crippen LogP contribution in [0.2, 0.25) is 0 Å². The number of hydrogen-bond donors (Lipinski definition) is 2. The molecular formula is C9H15N5O. The van der Waals surface area contributed by atoms with Gasteiger partial charge in [0.1, 0.15) is 0 Å². The van der Waals surface area contributed by atoms with E-state index in [9.17, 15) is 0 Å². The van der Waals surface area contributed by atoms with E-state index in [4.69, 9.17) is 4.52 Å². The van der Waals surface area contributed by atoms with Crippen LogP contribution in [0.1, 0.15) is 11.7 Å². The lowest BCUT2D eigenvalue weighted by molar-refractivity contribution is 0.371. The summed E-state index contributed by atoms with van der Waals surface area (Å²) >= 11 is 0. The molecule has 6 heteroatoms. The molecule has 0 aliphatic rings. The Bertz CT molecular complexity index is 344. The summed E-state index contributed by atoms with van der Waals surface area (Å²) in [5.74, 6) is 1.83. The van der Waals surface area contributed by atoms with Crippen molar-refractivity contribution in [3.63, 3.8) is 0 Å². The molecule has 1 heterocycles. The van der Waals surface area contributed by atoms with Gasteiger partial charge in [0.15, 0.2) is 11.8 Å². The highest BCUT2D eigenvalue weighted by atomic mass is 16.5. The van der Waals surface area contributed by atoms with Crippen molar-refractivity contribution < 1.29 is 4.52 Å². The minimum absolute atomic E-state index is 0.456. The minimum Gasteiger partial charge on any atom is -0.353 e. The van der Waals surface area contributed by atoms with Crippen LogP contribution in [0.4, 0.5) is 0 Å². The van der Waals surface area contributed by atoms with Crippen LogP contribution < -0.4 is 10.6 Å². The summed E-state index contributed by atoms with van der Waals surface area (Å²) < 4.78 is 4.94. The first-order valence-electron chi connectivity index (χ1n) is 4.61. The number of guanidine groups is 1. The summed E-state index contributed by atoms with van der Waals surface area (Å²) in [4.78, 5) is 8.06. The van der Waals surface area contributed by atoms with Crippen molar-refractivity contribution in [2.75, 3.05) is 13.6 Å². The Morgan fingerprint density at radius 2 is 2.40 bits per heavy atom. The molecule has 0 saturated heterocycles. The van der Waals surface area contributed by atoms with Crippen LogP contribution in [0.5, 0.6) is 0 Å². The lowest BCUT2D eigenvalue weighted by Crippen LogP contribution is -2.36. The molecule has 0 aliphatic carbocycles. The zero-order chi connectivity index (χ0) is 11.1. The van der Waals surface area contributed by atoms with Crippen LogP contribution >= 0.6 is 0 Å². The Morgan fingerprint density at radius 3 is 2.93 bits per heavy atom. The van der Waals surface area contributed by atoms with Crippen molar-refractivity contribution in [2.45, 2.75) is 13.5 Å². The Morgan fingerprint density at radius 1 is 1.60 bits per heavy atom. The van der Waals surface area contributed by atoms with Gasteiger partial charge in [-0.1, -0.05) is 11.2 Å². The second-order valence-corrected chi connectivity index (χ2v) is 2.83. The van der Waals surface area contributed by atoms with Crippen molar-refractivity contribution in [1.29, 1.82) is 0 Å². The average molecular weight is 209 g/mol. The smallest absolute Gasteiger partial charge is 0.246 e. The summed E-state index contributed by atoms with van der Waals surface area (Å²) in [5, 5.41) is 9.74. The SMILES string of the molecule is C=CCNC(=NC)NCc1nc(C)no1. The van der Waals surface area contributed by atoms with Gasteiger partial charge in [0, 0.05) is 13.6 Å².